The van der Waals surface area contributed by atoms with Crippen LogP contribution < -0.4 is 10.6 Å². The molecule has 0 aliphatic carbocycles. The second-order valence-corrected chi connectivity index (χ2v) is 2.69. The molecule has 0 aromatic heterocycles. The molecule has 2 heteroatoms. The Morgan fingerprint density at radius 2 is 1.36 bits per heavy atom. The van der Waals surface area contributed by atoms with Gasteiger partial charge in [0, 0.05) is 0 Å². The Labute approximate surface area is 70.8 Å². The van der Waals surface area contributed by atoms with Gasteiger partial charge in [0.2, 0.25) is 0 Å². The fourth-order valence-electron chi connectivity index (χ4n) is 0.864. The fraction of sp³-hybridized carbons (Fsp3) is 0.889. The van der Waals surface area contributed by atoms with Gasteiger partial charge in [0.1, 0.15) is 6.17 Å². The Morgan fingerprint density at radius 1 is 0.909 bits per heavy atom. The van der Waals surface area contributed by atoms with Crippen LogP contribution in [0.15, 0.2) is 0 Å². The number of rotatable bonds is 7. The first kappa shape index (κ1) is 10.9. The van der Waals surface area contributed by atoms with Crippen LogP contribution in [0, 0.1) is 6.17 Å². The van der Waals surface area contributed by atoms with Crippen molar-refractivity contribution in [1.29, 1.82) is 0 Å². The van der Waals surface area contributed by atoms with Crippen LogP contribution in [-0.2, 0) is 0 Å². The number of hydrogen-bond donors (Lipinski definition) is 2. The third-order valence-corrected chi connectivity index (χ3v) is 1.53. The molecule has 0 heterocycles. The van der Waals surface area contributed by atoms with Crippen LogP contribution in [0.25, 0.3) is 0 Å². The lowest BCUT2D eigenvalue weighted by atomic mass is 10.3. The molecule has 0 atom stereocenters. The Hall–Kier alpha value is -0.0800. The lowest BCUT2D eigenvalue weighted by Gasteiger charge is -2.15. The second kappa shape index (κ2) is 8.02. The van der Waals surface area contributed by atoms with Gasteiger partial charge in [-0.05, 0) is 32.4 Å². The van der Waals surface area contributed by atoms with E-state index < -0.39 is 0 Å². The van der Waals surface area contributed by atoms with Gasteiger partial charge in [-0.15, -0.1) is 0 Å². The zero-order valence-corrected chi connectivity index (χ0v) is 8.04. The molecule has 1 radical (unpaired) electrons. The van der Waals surface area contributed by atoms with Crippen molar-refractivity contribution in [2.75, 3.05) is 13.1 Å². The summed E-state index contributed by atoms with van der Waals surface area (Å²) in [5.41, 5.74) is 0. The van der Waals surface area contributed by atoms with Crippen molar-refractivity contribution in [2.24, 2.45) is 0 Å². The second-order valence-electron chi connectivity index (χ2n) is 2.69. The molecule has 0 unspecified atom stereocenters. The predicted molar refractivity (Wildman–Crippen MR) is 50.1 cm³/mol. The van der Waals surface area contributed by atoms with Crippen LogP contribution in [-0.4, -0.2) is 13.1 Å². The van der Waals surface area contributed by atoms with Crippen LogP contribution in [0.1, 0.15) is 40.0 Å². The van der Waals surface area contributed by atoms with Gasteiger partial charge in [-0.25, -0.2) is 0 Å². The summed E-state index contributed by atoms with van der Waals surface area (Å²) in [6, 6.07) is 0. The highest BCUT2D eigenvalue weighted by molar-refractivity contribution is 4.80. The molecule has 0 aliphatic rings. The van der Waals surface area contributed by atoms with Gasteiger partial charge in [0.15, 0.2) is 0 Å². The van der Waals surface area contributed by atoms with Crippen molar-refractivity contribution in [3.63, 3.8) is 0 Å². The summed E-state index contributed by atoms with van der Waals surface area (Å²) in [6.07, 6.45) is 4.75. The summed E-state index contributed by atoms with van der Waals surface area (Å²) < 4.78 is 0. The zero-order valence-electron chi connectivity index (χ0n) is 8.04. The van der Waals surface area contributed by atoms with Crippen molar-refractivity contribution in [3.8, 4) is 0 Å². The van der Waals surface area contributed by atoms with Crippen molar-refractivity contribution in [2.45, 2.75) is 40.0 Å². The first-order chi connectivity index (χ1) is 5.35. The van der Waals surface area contributed by atoms with E-state index in [1.54, 1.807) is 0 Å². The van der Waals surface area contributed by atoms with E-state index in [1.165, 1.54) is 19.0 Å². The molecule has 0 bridgehead atoms. The average Bonchev–Trinajstić information content (AvgIpc) is 2.05. The molecule has 0 aromatic carbocycles. The summed E-state index contributed by atoms with van der Waals surface area (Å²) in [6.45, 7) is 8.70. The highest BCUT2D eigenvalue weighted by atomic mass is 15.1. The first-order valence-electron chi connectivity index (χ1n) is 4.68. The molecule has 0 saturated heterocycles. The van der Waals surface area contributed by atoms with E-state index in [2.05, 4.69) is 31.4 Å². The lowest BCUT2D eigenvalue weighted by molar-refractivity contribution is 0.535. The van der Waals surface area contributed by atoms with Crippen LogP contribution in [0.3, 0.4) is 0 Å². The maximum atomic E-state index is 3.36. The molecule has 0 fully saturated rings. The predicted octanol–water partition coefficient (Wildman–Crippen LogP) is 1.89. The molecule has 2 nitrogen and oxygen atoms in total. The highest BCUT2D eigenvalue weighted by Crippen LogP contribution is 1.95. The summed E-state index contributed by atoms with van der Waals surface area (Å²) in [4.78, 5) is 0. The minimum Gasteiger partial charge on any atom is -0.297 e. The Bertz CT molecular complexity index is 66.0. The molecule has 0 amide bonds. The first-order valence-corrected chi connectivity index (χ1v) is 4.68. The average molecular weight is 157 g/mol. The van der Waals surface area contributed by atoms with Gasteiger partial charge in [0.05, 0.1) is 0 Å². The van der Waals surface area contributed by atoms with Gasteiger partial charge in [-0.1, -0.05) is 20.8 Å². The topological polar surface area (TPSA) is 24.1 Å². The number of hydrogen-bond acceptors (Lipinski definition) is 2. The highest BCUT2D eigenvalue weighted by Gasteiger charge is 2.02. The molecule has 11 heavy (non-hydrogen) atoms. The van der Waals surface area contributed by atoms with Gasteiger partial charge in [0.25, 0.3) is 0 Å². The number of nitrogens with one attached hydrogen (secondary N) is 2. The molecular weight excluding hydrogens is 136 g/mol. The summed E-state index contributed by atoms with van der Waals surface area (Å²) in [5, 5.41) is 6.72. The Balaban J connectivity index is 3.25. The minimum absolute atomic E-state index is 1.08. The van der Waals surface area contributed by atoms with Crippen molar-refractivity contribution >= 4 is 0 Å². The quantitative estimate of drug-likeness (QED) is 0.589. The van der Waals surface area contributed by atoms with Crippen molar-refractivity contribution < 1.29 is 0 Å². The van der Waals surface area contributed by atoms with E-state index in [4.69, 9.17) is 0 Å². The van der Waals surface area contributed by atoms with E-state index in [1.807, 2.05) is 0 Å². The third-order valence-electron chi connectivity index (χ3n) is 1.53. The van der Waals surface area contributed by atoms with Gasteiger partial charge in [-0.3, -0.25) is 10.6 Å². The smallest absolute Gasteiger partial charge is 0.101 e. The van der Waals surface area contributed by atoms with Crippen molar-refractivity contribution in [1.82, 2.24) is 10.6 Å². The molecule has 0 aromatic rings. The molecule has 2 N–H and O–H groups in total. The normalized spacial score (nSPS) is 10.9. The largest absolute Gasteiger partial charge is 0.297 e. The Morgan fingerprint density at radius 3 is 1.64 bits per heavy atom. The van der Waals surface area contributed by atoms with Crippen molar-refractivity contribution in [3.05, 3.63) is 6.17 Å². The van der Waals surface area contributed by atoms with E-state index in [0.717, 1.165) is 19.5 Å². The molecule has 67 valence electrons. The monoisotopic (exact) mass is 157 g/mol. The molecule has 0 spiro atoms. The van der Waals surface area contributed by atoms with Crippen LogP contribution >= 0.6 is 0 Å². The van der Waals surface area contributed by atoms with Crippen LogP contribution in [0.2, 0.25) is 0 Å². The third kappa shape index (κ3) is 6.32. The standard InChI is InChI=1S/C9H21N2/c1-4-7-10-9(6-3)11-8-5-2/h10-11H,4-8H2,1-3H3. The van der Waals surface area contributed by atoms with Gasteiger partial charge >= 0.3 is 0 Å². The molecule has 0 rings (SSSR count). The lowest BCUT2D eigenvalue weighted by Crippen LogP contribution is -2.34. The van der Waals surface area contributed by atoms with Crippen LogP contribution in [0.5, 0.6) is 0 Å². The summed E-state index contributed by atoms with van der Waals surface area (Å²) >= 11 is 0. The van der Waals surface area contributed by atoms with E-state index >= 15 is 0 Å². The molecular formula is C9H21N2. The van der Waals surface area contributed by atoms with Gasteiger partial charge in [-0.2, -0.15) is 0 Å². The maximum Gasteiger partial charge on any atom is 0.101 e. The summed E-state index contributed by atoms with van der Waals surface area (Å²) in [7, 11) is 0. The molecule has 0 saturated carbocycles. The van der Waals surface area contributed by atoms with E-state index in [0.29, 0.717) is 0 Å². The summed E-state index contributed by atoms with van der Waals surface area (Å²) in [5.74, 6) is 0. The maximum absolute atomic E-state index is 3.36. The SMILES string of the molecule is CCCN[C](CC)NCCC. The Kier molecular flexibility index (Phi) is 7.96. The minimum atomic E-state index is 1.08. The van der Waals surface area contributed by atoms with E-state index in [9.17, 15) is 0 Å². The molecule has 0 aliphatic heterocycles. The van der Waals surface area contributed by atoms with E-state index in [-0.39, 0.29) is 0 Å². The van der Waals surface area contributed by atoms with Crippen LogP contribution in [0.4, 0.5) is 0 Å². The fourth-order valence-corrected chi connectivity index (χ4v) is 0.864. The van der Waals surface area contributed by atoms with Gasteiger partial charge < -0.3 is 0 Å². The zero-order chi connectivity index (χ0) is 8.53.